The van der Waals surface area contributed by atoms with Gasteiger partial charge in [-0.1, -0.05) is 18.2 Å². The van der Waals surface area contributed by atoms with E-state index in [0.29, 0.717) is 16.8 Å². The van der Waals surface area contributed by atoms with Crippen LogP contribution in [0, 0.1) is 0 Å². The quantitative estimate of drug-likeness (QED) is 0.850. The van der Waals surface area contributed by atoms with Crippen LogP contribution in [0.2, 0.25) is 0 Å². The first kappa shape index (κ1) is 14.5. The minimum Gasteiger partial charge on any atom is -0.308 e. The van der Waals surface area contributed by atoms with Crippen LogP contribution in [0.1, 0.15) is 27.6 Å². The summed E-state index contributed by atoms with van der Waals surface area (Å²) in [5.74, 6) is -0.529. The van der Waals surface area contributed by atoms with Crippen molar-refractivity contribution in [3.63, 3.8) is 0 Å². The Balaban J connectivity index is 1.95. The van der Waals surface area contributed by atoms with Crippen molar-refractivity contribution >= 4 is 23.4 Å². The summed E-state index contributed by atoms with van der Waals surface area (Å²) in [6.07, 6.45) is 0. The lowest BCUT2D eigenvalue weighted by molar-refractivity contribution is 0.0965. The fraction of sp³-hybridized carbons (Fsp3) is 0.0625. The summed E-state index contributed by atoms with van der Waals surface area (Å²) in [5, 5.41) is 4.75. The van der Waals surface area contributed by atoms with Crippen molar-refractivity contribution in [2.45, 2.75) is 6.92 Å². The van der Waals surface area contributed by atoms with E-state index in [0.717, 1.165) is 0 Å². The largest absolute Gasteiger partial charge is 0.326 e. The molecule has 106 valence electrons. The van der Waals surface area contributed by atoms with Gasteiger partial charge in [-0.05, 0) is 43.3 Å². The molecule has 21 heavy (non-hydrogen) atoms. The van der Waals surface area contributed by atoms with Gasteiger partial charge >= 0.3 is 6.03 Å². The molecule has 0 aliphatic heterocycles. The highest BCUT2D eigenvalue weighted by atomic mass is 16.2. The number of hydrogen-bond acceptors (Lipinski definition) is 3. The molecule has 0 saturated carbocycles. The summed E-state index contributed by atoms with van der Waals surface area (Å²) >= 11 is 0. The van der Waals surface area contributed by atoms with E-state index >= 15 is 0 Å². The molecule has 0 atom stereocenters. The van der Waals surface area contributed by atoms with Crippen LogP contribution in [0.3, 0.4) is 0 Å². The minimum absolute atomic E-state index is 0.0507. The maximum Gasteiger partial charge on any atom is 0.326 e. The maximum atomic E-state index is 11.8. The second kappa shape index (κ2) is 6.47. The minimum atomic E-state index is -0.626. The molecule has 2 rings (SSSR count). The molecule has 0 spiro atoms. The molecule has 0 aliphatic carbocycles. The Hall–Kier alpha value is -2.95. The van der Waals surface area contributed by atoms with E-state index in [4.69, 9.17) is 0 Å². The van der Waals surface area contributed by atoms with E-state index < -0.39 is 11.9 Å². The third-order valence-corrected chi connectivity index (χ3v) is 2.81. The van der Waals surface area contributed by atoms with E-state index in [2.05, 4.69) is 10.6 Å². The molecule has 0 bridgehead atoms. The summed E-state index contributed by atoms with van der Waals surface area (Å²) in [5.41, 5.74) is 1.46. The smallest absolute Gasteiger partial charge is 0.308 e. The van der Waals surface area contributed by atoms with Gasteiger partial charge in [0.2, 0.25) is 0 Å². The molecule has 0 fully saturated rings. The first-order valence-corrected chi connectivity index (χ1v) is 6.34. The van der Waals surface area contributed by atoms with Crippen molar-refractivity contribution in [2.24, 2.45) is 0 Å². The van der Waals surface area contributed by atoms with Gasteiger partial charge in [-0.3, -0.25) is 14.9 Å². The fourth-order valence-corrected chi connectivity index (χ4v) is 1.72. The fourth-order valence-electron chi connectivity index (χ4n) is 1.72. The number of urea groups is 1. The normalized spacial score (nSPS) is 9.76. The zero-order valence-corrected chi connectivity index (χ0v) is 11.4. The number of imide groups is 1. The Kier molecular flexibility index (Phi) is 4.46. The van der Waals surface area contributed by atoms with Crippen molar-refractivity contribution in [2.75, 3.05) is 5.32 Å². The molecule has 0 heterocycles. The van der Waals surface area contributed by atoms with Crippen LogP contribution in [0.4, 0.5) is 10.5 Å². The molecule has 0 aliphatic rings. The standard InChI is InChI=1S/C16H14N2O3/c1-11(19)12-7-9-14(10-8-12)17-16(21)18-15(20)13-5-3-2-4-6-13/h2-10H,1H3,(H2,17,18,20,21). The number of carbonyl (C=O) groups is 3. The average Bonchev–Trinajstić information content (AvgIpc) is 2.48. The summed E-state index contributed by atoms with van der Waals surface area (Å²) in [6.45, 7) is 1.47. The Morgan fingerprint density at radius 2 is 1.43 bits per heavy atom. The van der Waals surface area contributed by atoms with Crippen molar-refractivity contribution in [1.29, 1.82) is 0 Å². The molecule has 0 unspecified atom stereocenters. The molecule has 0 saturated heterocycles. The highest BCUT2D eigenvalue weighted by molar-refractivity contribution is 6.08. The van der Waals surface area contributed by atoms with Crippen molar-refractivity contribution < 1.29 is 14.4 Å². The van der Waals surface area contributed by atoms with Gasteiger partial charge in [-0.2, -0.15) is 0 Å². The first-order valence-electron chi connectivity index (χ1n) is 6.34. The summed E-state index contributed by atoms with van der Waals surface area (Å²) in [4.78, 5) is 34.6. The van der Waals surface area contributed by atoms with Crippen LogP contribution in [-0.2, 0) is 0 Å². The van der Waals surface area contributed by atoms with E-state index in [-0.39, 0.29) is 5.78 Å². The zero-order valence-electron chi connectivity index (χ0n) is 11.4. The van der Waals surface area contributed by atoms with Crippen molar-refractivity contribution in [3.8, 4) is 0 Å². The molecular weight excluding hydrogens is 268 g/mol. The molecule has 2 aromatic rings. The molecule has 3 amide bonds. The van der Waals surface area contributed by atoms with Gasteiger partial charge in [-0.15, -0.1) is 0 Å². The van der Waals surface area contributed by atoms with Gasteiger partial charge in [0.1, 0.15) is 0 Å². The summed E-state index contributed by atoms with van der Waals surface area (Å²) in [7, 11) is 0. The Bertz CT molecular complexity index is 664. The number of anilines is 1. The SMILES string of the molecule is CC(=O)c1ccc(NC(=O)NC(=O)c2ccccc2)cc1. The van der Waals surface area contributed by atoms with Crippen LogP contribution in [-0.4, -0.2) is 17.7 Å². The van der Waals surface area contributed by atoms with Gasteiger partial charge in [0.25, 0.3) is 5.91 Å². The lowest BCUT2D eigenvalue weighted by atomic mass is 10.1. The number of benzene rings is 2. The zero-order chi connectivity index (χ0) is 15.2. The third kappa shape index (κ3) is 4.01. The molecule has 5 heteroatoms. The summed E-state index contributed by atoms with van der Waals surface area (Å²) in [6, 6.07) is 14.2. The Morgan fingerprint density at radius 3 is 2.00 bits per heavy atom. The number of rotatable bonds is 3. The highest BCUT2D eigenvalue weighted by Crippen LogP contribution is 2.10. The van der Waals surface area contributed by atoms with Crippen molar-refractivity contribution in [1.82, 2.24) is 5.32 Å². The van der Waals surface area contributed by atoms with Gasteiger partial charge < -0.3 is 5.32 Å². The van der Waals surface area contributed by atoms with Gasteiger partial charge in [-0.25, -0.2) is 4.79 Å². The van der Waals surface area contributed by atoms with E-state index in [1.54, 1.807) is 54.6 Å². The number of nitrogens with one attached hydrogen (secondary N) is 2. The number of ketones is 1. The second-order valence-electron chi connectivity index (χ2n) is 4.41. The van der Waals surface area contributed by atoms with E-state index in [1.807, 2.05) is 0 Å². The topological polar surface area (TPSA) is 75.3 Å². The molecule has 0 aromatic heterocycles. The first-order chi connectivity index (χ1) is 10.1. The van der Waals surface area contributed by atoms with Gasteiger partial charge in [0.05, 0.1) is 0 Å². The third-order valence-electron chi connectivity index (χ3n) is 2.81. The predicted octanol–water partition coefficient (Wildman–Crippen LogP) is 2.85. The maximum absolute atomic E-state index is 11.8. The molecule has 0 radical (unpaired) electrons. The number of hydrogen-bond donors (Lipinski definition) is 2. The van der Waals surface area contributed by atoms with Crippen LogP contribution in [0.15, 0.2) is 54.6 Å². The van der Waals surface area contributed by atoms with Crippen LogP contribution in [0.25, 0.3) is 0 Å². The van der Waals surface area contributed by atoms with Crippen LogP contribution < -0.4 is 10.6 Å². The Labute approximate surface area is 122 Å². The number of amides is 3. The monoisotopic (exact) mass is 282 g/mol. The van der Waals surface area contributed by atoms with E-state index in [1.165, 1.54) is 6.92 Å². The molecule has 2 N–H and O–H groups in total. The lowest BCUT2D eigenvalue weighted by Gasteiger charge is -2.07. The summed E-state index contributed by atoms with van der Waals surface area (Å²) < 4.78 is 0. The lowest BCUT2D eigenvalue weighted by Crippen LogP contribution is -2.34. The Morgan fingerprint density at radius 1 is 0.810 bits per heavy atom. The molecule has 2 aromatic carbocycles. The van der Waals surface area contributed by atoms with Gasteiger partial charge in [0, 0.05) is 16.8 Å². The molecular formula is C16H14N2O3. The second-order valence-corrected chi connectivity index (χ2v) is 4.41. The van der Waals surface area contributed by atoms with E-state index in [9.17, 15) is 14.4 Å². The number of Topliss-reactive ketones (excluding diaryl/α,β-unsaturated/α-hetero) is 1. The van der Waals surface area contributed by atoms with Gasteiger partial charge in [0.15, 0.2) is 5.78 Å². The van der Waals surface area contributed by atoms with Crippen LogP contribution >= 0.6 is 0 Å². The number of carbonyl (C=O) groups excluding carboxylic acids is 3. The average molecular weight is 282 g/mol. The molecule has 5 nitrogen and oxygen atoms in total. The van der Waals surface area contributed by atoms with Crippen molar-refractivity contribution in [3.05, 3.63) is 65.7 Å². The highest BCUT2D eigenvalue weighted by Gasteiger charge is 2.09. The van der Waals surface area contributed by atoms with Crippen LogP contribution in [0.5, 0.6) is 0 Å². The predicted molar refractivity (Wildman–Crippen MR) is 79.4 cm³/mol.